The van der Waals surface area contributed by atoms with Gasteiger partial charge in [-0.3, -0.25) is 10.00 Å². The molecule has 1 aliphatic rings. The highest BCUT2D eigenvalue weighted by atomic mass is 19.1. The summed E-state index contributed by atoms with van der Waals surface area (Å²) >= 11 is 0. The Morgan fingerprint density at radius 3 is 2.80 bits per heavy atom. The normalized spacial score (nSPS) is 16.2. The van der Waals surface area contributed by atoms with Crippen LogP contribution in [0.3, 0.4) is 0 Å². The lowest BCUT2D eigenvalue weighted by Crippen LogP contribution is -2.27. The van der Waals surface area contributed by atoms with Crippen LogP contribution in [0.2, 0.25) is 0 Å². The van der Waals surface area contributed by atoms with Crippen LogP contribution in [0.4, 0.5) is 4.39 Å². The third-order valence-electron chi connectivity index (χ3n) is 3.77. The maximum absolute atomic E-state index is 13.0. The summed E-state index contributed by atoms with van der Waals surface area (Å²) < 4.78 is 13.0. The van der Waals surface area contributed by atoms with Gasteiger partial charge in [0, 0.05) is 30.8 Å². The molecule has 0 spiro atoms. The molecule has 1 aromatic carbocycles. The van der Waals surface area contributed by atoms with Crippen LogP contribution < -0.4 is 0 Å². The summed E-state index contributed by atoms with van der Waals surface area (Å²) in [6.45, 7) is 5.11. The quantitative estimate of drug-likeness (QED) is 0.868. The highest BCUT2D eigenvalue weighted by molar-refractivity contribution is 5.62. The van der Waals surface area contributed by atoms with E-state index in [1.807, 2.05) is 6.20 Å². The Morgan fingerprint density at radius 2 is 2.10 bits per heavy atom. The molecule has 0 radical (unpaired) electrons. The van der Waals surface area contributed by atoms with Crippen molar-refractivity contribution in [2.75, 3.05) is 13.1 Å². The van der Waals surface area contributed by atoms with Crippen LogP contribution in [0, 0.1) is 5.82 Å². The maximum atomic E-state index is 13.0. The van der Waals surface area contributed by atoms with Gasteiger partial charge in [-0.15, -0.1) is 0 Å². The van der Waals surface area contributed by atoms with Crippen molar-refractivity contribution in [3.05, 3.63) is 53.5 Å². The zero-order valence-electron chi connectivity index (χ0n) is 11.6. The van der Waals surface area contributed by atoms with E-state index in [4.69, 9.17) is 0 Å². The summed E-state index contributed by atoms with van der Waals surface area (Å²) in [5, 5.41) is 7.17. The smallest absolute Gasteiger partial charge is 0.123 e. The van der Waals surface area contributed by atoms with E-state index in [1.54, 1.807) is 12.1 Å². The zero-order chi connectivity index (χ0) is 13.9. The molecule has 1 aromatic heterocycles. The van der Waals surface area contributed by atoms with Gasteiger partial charge in [0.25, 0.3) is 0 Å². The van der Waals surface area contributed by atoms with Gasteiger partial charge in [0.05, 0.1) is 11.9 Å². The van der Waals surface area contributed by atoms with E-state index in [1.165, 1.54) is 17.7 Å². The number of aromatic nitrogens is 2. The Bertz CT molecular complexity index is 613. The predicted molar refractivity (Wildman–Crippen MR) is 77.6 cm³/mol. The van der Waals surface area contributed by atoms with Crippen molar-refractivity contribution < 1.29 is 4.39 Å². The van der Waals surface area contributed by atoms with Gasteiger partial charge in [-0.05, 0) is 37.6 Å². The Morgan fingerprint density at radius 1 is 1.30 bits per heavy atom. The topological polar surface area (TPSA) is 31.9 Å². The first kappa shape index (κ1) is 13.1. The van der Waals surface area contributed by atoms with Crippen LogP contribution in [-0.4, -0.2) is 28.2 Å². The number of rotatable bonds is 3. The first-order chi connectivity index (χ1) is 9.72. The fraction of sp³-hybridized carbons (Fsp3) is 0.312. The lowest BCUT2D eigenvalue weighted by Gasteiger charge is -2.25. The van der Waals surface area contributed by atoms with Gasteiger partial charge in [-0.1, -0.05) is 11.6 Å². The number of nitrogens with zero attached hydrogens (tertiary/aromatic N) is 2. The summed E-state index contributed by atoms with van der Waals surface area (Å²) in [4.78, 5) is 2.39. The Hall–Kier alpha value is -1.94. The molecule has 3 nitrogen and oxygen atoms in total. The molecule has 4 heteroatoms. The van der Waals surface area contributed by atoms with Crippen molar-refractivity contribution in [2.24, 2.45) is 0 Å². The molecule has 3 rings (SSSR count). The summed E-state index contributed by atoms with van der Waals surface area (Å²) in [5.41, 5.74) is 4.58. The second-order valence-corrected chi connectivity index (χ2v) is 5.31. The molecule has 0 saturated heterocycles. The molecule has 0 unspecified atom stereocenters. The van der Waals surface area contributed by atoms with Gasteiger partial charge in [-0.2, -0.15) is 5.10 Å². The van der Waals surface area contributed by atoms with Crippen LogP contribution in [0.15, 0.2) is 42.1 Å². The van der Waals surface area contributed by atoms with Gasteiger partial charge in [0.2, 0.25) is 0 Å². The van der Waals surface area contributed by atoms with E-state index in [9.17, 15) is 4.39 Å². The minimum atomic E-state index is -0.216. The molecular formula is C16H18FN3. The molecule has 0 saturated carbocycles. The highest BCUT2D eigenvalue weighted by Gasteiger charge is 2.14. The van der Waals surface area contributed by atoms with Crippen molar-refractivity contribution >= 4 is 0 Å². The lowest BCUT2D eigenvalue weighted by atomic mass is 10.1. The fourth-order valence-corrected chi connectivity index (χ4v) is 2.49. The monoisotopic (exact) mass is 271 g/mol. The second kappa shape index (κ2) is 5.59. The highest BCUT2D eigenvalue weighted by Crippen LogP contribution is 2.23. The third-order valence-corrected chi connectivity index (χ3v) is 3.77. The number of halogens is 1. The minimum Gasteiger partial charge on any atom is -0.295 e. The Labute approximate surface area is 118 Å². The van der Waals surface area contributed by atoms with E-state index < -0.39 is 0 Å². The molecule has 0 fully saturated rings. The first-order valence-corrected chi connectivity index (χ1v) is 6.88. The van der Waals surface area contributed by atoms with Crippen molar-refractivity contribution in [3.8, 4) is 11.3 Å². The van der Waals surface area contributed by atoms with Crippen molar-refractivity contribution in [3.63, 3.8) is 0 Å². The maximum Gasteiger partial charge on any atom is 0.123 e. The van der Waals surface area contributed by atoms with Crippen LogP contribution in [-0.2, 0) is 6.54 Å². The summed E-state index contributed by atoms with van der Waals surface area (Å²) in [7, 11) is 0. The lowest BCUT2D eigenvalue weighted by molar-refractivity contribution is 0.286. The van der Waals surface area contributed by atoms with E-state index in [-0.39, 0.29) is 5.82 Å². The molecule has 0 atom stereocenters. The van der Waals surface area contributed by atoms with Gasteiger partial charge in [0.1, 0.15) is 5.82 Å². The molecule has 104 valence electrons. The molecule has 0 aliphatic carbocycles. The largest absolute Gasteiger partial charge is 0.295 e. The summed E-state index contributed by atoms with van der Waals surface area (Å²) in [5.74, 6) is -0.216. The first-order valence-electron chi connectivity index (χ1n) is 6.88. The van der Waals surface area contributed by atoms with Gasteiger partial charge < -0.3 is 0 Å². The molecule has 2 heterocycles. The number of benzene rings is 1. The van der Waals surface area contributed by atoms with E-state index >= 15 is 0 Å². The second-order valence-electron chi connectivity index (χ2n) is 5.31. The molecule has 1 N–H and O–H groups in total. The molecule has 20 heavy (non-hydrogen) atoms. The molecule has 0 amide bonds. The predicted octanol–water partition coefficient (Wildman–Crippen LogP) is 3.37. The minimum absolute atomic E-state index is 0.216. The average Bonchev–Trinajstić information content (AvgIpc) is 2.90. The average molecular weight is 271 g/mol. The standard InChI is InChI=1S/C16H18FN3/c1-12-6-8-20(9-7-12)11-14-10-18-19-16(14)13-2-4-15(17)5-3-13/h2-6,10H,7-9,11H2,1H3,(H,18,19). The van der Waals surface area contributed by atoms with Crippen LogP contribution >= 0.6 is 0 Å². The third kappa shape index (κ3) is 2.80. The molecule has 1 aliphatic heterocycles. The number of hydrogen-bond donors (Lipinski definition) is 1. The fourth-order valence-electron chi connectivity index (χ4n) is 2.49. The molecule has 2 aromatic rings. The van der Waals surface area contributed by atoms with Crippen LogP contribution in [0.25, 0.3) is 11.3 Å². The summed E-state index contributed by atoms with van der Waals surface area (Å²) in [6.07, 6.45) is 5.27. The van der Waals surface area contributed by atoms with Crippen molar-refractivity contribution in [2.45, 2.75) is 19.9 Å². The van der Waals surface area contributed by atoms with Crippen molar-refractivity contribution in [1.29, 1.82) is 0 Å². The molecule has 0 bridgehead atoms. The SMILES string of the molecule is CC1=CCN(Cc2cn[nH]c2-c2ccc(F)cc2)CC1. The number of aromatic amines is 1. The van der Waals surface area contributed by atoms with Gasteiger partial charge >= 0.3 is 0 Å². The van der Waals surface area contributed by atoms with E-state index in [0.717, 1.165) is 42.9 Å². The van der Waals surface area contributed by atoms with E-state index in [0.29, 0.717) is 0 Å². The van der Waals surface area contributed by atoms with Gasteiger partial charge in [0.15, 0.2) is 0 Å². The van der Waals surface area contributed by atoms with Crippen LogP contribution in [0.1, 0.15) is 18.9 Å². The number of H-pyrrole nitrogens is 1. The summed E-state index contributed by atoms with van der Waals surface area (Å²) in [6, 6.07) is 6.53. The number of hydrogen-bond acceptors (Lipinski definition) is 2. The van der Waals surface area contributed by atoms with Gasteiger partial charge in [-0.25, -0.2) is 4.39 Å². The Balaban J connectivity index is 1.78. The molecular weight excluding hydrogens is 253 g/mol. The Kier molecular flexibility index (Phi) is 3.65. The zero-order valence-corrected chi connectivity index (χ0v) is 11.6. The van der Waals surface area contributed by atoms with Crippen molar-refractivity contribution in [1.82, 2.24) is 15.1 Å². The van der Waals surface area contributed by atoms with E-state index in [2.05, 4.69) is 28.1 Å². The van der Waals surface area contributed by atoms with Crippen LogP contribution in [0.5, 0.6) is 0 Å². The number of nitrogens with one attached hydrogen (secondary N) is 1.